The highest BCUT2D eigenvalue weighted by atomic mass is 16.5. The zero-order valence-corrected chi connectivity index (χ0v) is 14.3. The fourth-order valence-corrected chi connectivity index (χ4v) is 2.31. The molecule has 0 bridgehead atoms. The molecule has 24 heavy (non-hydrogen) atoms. The van der Waals surface area contributed by atoms with Crippen molar-refractivity contribution < 1.29 is 14.3 Å². The van der Waals surface area contributed by atoms with Gasteiger partial charge in [0.05, 0.1) is 12.6 Å². The Hall–Kier alpha value is -2.82. The lowest BCUT2D eigenvalue weighted by Gasteiger charge is -2.27. The summed E-state index contributed by atoms with van der Waals surface area (Å²) in [6.45, 7) is 5.35. The number of Topliss-reactive ketones (excluding diaryl/α,β-unsaturated/α-hetero) is 1. The quantitative estimate of drug-likeness (QED) is 0.817. The number of urea groups is 1. The second kappa shape index (κ2) is 7.17. The summed E-state index contributed by atoms with van der Waals surface area (Å²) in [5.74, 6) is 0.760. The van der Waals surface area contributed by atoms with Crippen molar-refractivity contribution in [2.45, 2.75) is 26.3 Å². The number of carbonyl (C=O) groups is 2. The normalized spacial score (nSPS) is 10.8. The molecular weight excluding hydrogens is 304 g/mol. The van der Waals surface area contributed by atoms with E-state index in [0.717, 1.165) is 11.3 Å². The average Bonchev–Trinajstić information content (AvgIpc) is 2.54. The number of amides is 2. The fraction of sp³-hybridized carbons (Fsp3) is 0.263. The molecule has 0 radical (unpaired) electrons. The highest BCUT2D eigenvalue weighted by Gasteiger charge is 2.22. The number of benzene rings is 2. The Morgan fingerprint density at radius 1 is 0.958 bits per heavy atom. The van der Waals surface area contributed by atoms with Crippen LogP contribution in [-0.2, 0) is 5.54 Å². The van der Waals surface area contributed by atoms with Gasteiger partial charge in [-0.1, -0.05) is 12.1 Å². The van der Waals surface area contributed by atoms with Crippen LogP contribution in [0.5, 0.6) is 5.75 Å². The molecule has 0 heterocycles. The van der Waals surface area contributed by atoms with Crippen LogP contribution in [0.2, 0.25) is 0 Å². The van der Waals surface area contributed by atoms with Crippen molar-refractivity contribution in [2.24, 2.45) is 0 Å². The van der Waals surface area contributed by atoms with E-state index in [-0.39, 0.29) is 11.8 Å². The van der Waals surface area contributed by atoms with Gasteiger partial charge in [-0.15, -0.1) is 0 Å². The Kier molecular flexibility index (Phi) is 5.24. The number of carbonyl (C=O) groups excluding carboxylic acids is 2. The van der Waals surface area contributed by atoms with E-state index in [0.29, 0.717) is 11.3 Å². The number of ether oxygens (including phenoxy) is 1. The maximum Gasteiger partial charge on any atom is 0.319 e. The van der Waals surface area contributed by atoms with E-state index in [1.807, 2.05) is 38.1 Å². The first kappa shape index (κ1) is 17.5. The van der Waals surface area contributed by atoms with Gasteiger partial charge >= 0.3 is 6.03 Å². The van der Waals surface area contributed by atoms with Gasteiger partial charge in [0.2, 0.25) is 0 Å². The van der Waals surface area contributed by atoms with Gasteiger partial charge in [0, 0.05) is 11.3 Å². The van der Waals surface area contributed by atoms with Crippen LogP contribution in [0.1, 0.15) is 36.7 Å². The summed E-state index contributed by atoms with van der Waals surface area (Å²) >= 11 is 0. The Labute approximate surface area is 142 Å². The third-order valence-corrected chi connectivity index (χ3v) is 3.79. The number of methoxy groups -OCH3 is 1. The highest BCUT2D eigenvalue weighted by molar-refractivity contribution is 5.95. The summed E-state index contributed by atoms with van der Waals surface area (Å²) in [7, 11) is 1.61. The van der Waals surface area contributed by atoms with Crippen LogP contribution < -0.4 is 15.4 Å². The number of nitrogens with one attached hydrogen (secondary N) is 2. The van der Waals surface area contributed by atoms with Gasteiger partial charge in [-0.05, 0) is 62.7 Å². The molecule has 0 aliphatic heterocycles. The SMILES string of the molecule is COc1ccc(C(C)(C)NC(=O)Nc2ccc(C(C)=O)cc2)cc1. The van der Waals surface area contributed by atoms with E-state index in [4.69, 9.17) is 4.74 Å². The third kappa shape index (κ3) is 4.35. The smallest absolute Gasteiger partial charge is 0.319 e. The van der Waals surface area contributed by atoms with E-state index in [1.165, 1.54) is 6.92 Å². The van der Waals surface area contributed by atoms with Gasteiger partial charge in [0.1, 0.15) is 5.75 Å². The first-order chi connectivity index (χ1) is 11.3. The molecule has 0 unspecified atom stereocenters. The van der Waals surface area contributed by atoms with Gasteiger partial charge in [-0.2, -0.15) is 0 Å². The summed E-state index contributed by atoms with van der Waals surface area (Å²) < 4.78 is 5.14. The van der Waals surface area contributed by atoms with Gasteiger partial charge in [0.15, 0.2) is 5.78 Å². The van der Waals surface area contributed by atoms with E-state index >= 15 is 0 Å². The Morgan fingerprint density at radius 2 is 1.54 bits per heavy atom. The van der Waals surface area contributed by atoms with Crippen molar-refractivity contribution in [3.8, 4) is 5.75 Å². The minimum absolute atomic E-state index is 0.00774. The van der Waals surface area contributed by atoms with Crippen molar-refractivity contribution in [2.75, 3.05) is 12.4 Å². The molecule has 2 aromatic rings. The highest BCUT2D eigenvalue weighted by Crippen LogP contribution is 2.23. The lowest BCUT2D eigenvalue weighted by atomic mass is 9.94. The number of rotatable bonds is 5. The number of hydrogen-bond donors (Lipinski definition) is 2. The molecule has 5 nitrogen and oxygen atoms in total. The number of hydrogen-bond acceptors (Lipinski definition) is 3. The van der Waals surface area contributed by atoms with E-state index in [1.54, 1.807) is 31.4 Å². The zero-order chi connectivity index (χ0) is 17.7. The molecule has 0 fully saturated rings. The third-order valence-electron chi connectivity index (χ3n) is 3.79. The molecule has 0 saturated heterocycles. The lowest BCUT2D eigenvalue weighted by molar-refractivity contribution is 0.101. The van der Waals surface area contributed by atoms with Crippen LogP contribution >= 0.6 is 0 Å². The fourth-order valence-electron chi connectivity index (χ4n) is 2.31. The summed E-state index contributed by atoms with van der Waals surface area (Å²) in [6.07, 6.45) is 0. The number of anilines is 1. The van der Waals surface area contributed by atoms with E-state index in [9.17, 15) is 9.59 Å². The molecule has 0 saturated carbocycles. The Morgan fingerprint density at radius 3 is 2.04 bits per heavy atom. The van der Waals surface area contributed by atoms with E-state index < -0.39 is 5.54 Å². The van der Waals surface area contributed by atoms with Crippen molar-refractivity contribution in [3.05, 3.63) is 59.7 Å². The topological polar surface area (TPSA) is 67.4 Å². The zero-order valence-electron chi connectivity index (χ0n) is 14.3. The summed E-state index contributed by atoms with van der Waals surface area (Å²) in [5, 5.41) is 5.71. The molecule has 0 aromatic heterocycles. The van der Waals surface area contributed by atoms with Crippen molar-refractivity contribution >= 4 is 17.5 Å². The molecule has 0 aliphatic rings. The summed E-state index contributed by atoms with van der Waals surface area (Å²) in [4.78, 5) is 23.5. The van der Waals surface area contributed by atoms with Crippen LogP contribution in [0.3, 0.4) is 0 Å². The molecule has 2 N–H and O–H groups in total. The largest absolute Gasteiger partial charge is 0.497 e. The van der Waals surface area contributed by atoms with Gasteiger partial charge in [-0.3, -0.25) is 4.79 Å². The second-order valence-electron chi connectivity index (χ2n) is 6.07. The van der Waals surface area contributed by atoms with Crippen molar-refractivity contribution in [1.29, 1.82) is 0 Å². The summed E-state index contributed by atoms with van der Waals surface area (Å²) in [5.41, 5.74) is 1.66. The van der Waals surface area contributed by atoms with Crippen molar-refractivity contribution in [1.82, 2.24) is 5.32 Å². The molecule has 0 atom stereocenters. The standard InChI is InChI=1S/C19H22N2O3/c1-13(22)14-5-9-16(10-6-14)20-18(23)21-19(2,3)15-7-11-17(24-4)12-8-15/h5-12H,1-4H3,(H2,20,21,23). The van der Waals surface area contributed by atoms with E-state index in [2.05, 4.69) is 10.6 Å². The Bertz CT molecular complexity index is 719. The summed E-state index contributed by atoms with van der Waals surface area (Å²) in [6, 6.07) is 14.0. The molecule has 126 valence electrons. The molecule has 2 aromatic carbocycles. The lowest BCUT2D eigenvalue weighted by Crippen LogP contribution is -2.43. The van der Waals surface area contributed by atoms with Gasteiger partial charge in [-0.25, -0.2) is 4.79 Å². The monoisotopic (exact) mass is 326 g/mol. The van der Waals surface area contributed by atoms with Crippen LogP contribution in [0, 0.1) is 0 Å². The predicted molar refractivity (Wildman–Crippen MR) is 94.6 cm³/mol. The molecule has 2 amide bonds. The van der Waals surface area contributed by atoms with Crippen LogP contribution in [0.15, 0.2) is 48.5 Å². The first-order valence-corrected chi connectivity index (χ1v) is 7.66. The minimum Gasteiger partial charge on any atom is -0.497 e. The molecule has 2 rings (SSSR count). The molecule has 0 aliphatic carbocycles. The van der Waals surface area contributed by atoms with Crippen LogP contribution in [0.25, 0.3) is 0 Å². The van der Waals surface area contributed by atoms with Gasteiger partial charge < -0.3 is 15.4 Å². The van der Waals surface area contributed by atoms with Crippen molar-refractivity contribution in [3.63, 3.8) is 0 Å². The maximum absolute atomic E-state index is 12.2. The maximum atomic E-state index is 12.2. The second-order valence-corrected chi connectivity index (χ2v) is 6.07. The van der Waals surface area contributed by atoms with Crippen LogP contribution in [-0.4, -0.2) is 18.9 Å². The Balaban J connectivity index is 2.02. The molecule has 0 spiro atoms. The average molecular weight is 326 g/mol. The van der Waals surface area contributed by atoms with Gasteiger partial charge in [0.25, 0.3) is 0 Å². The molecule has 5 heteroatoms. The van der Waals surface area contributed by atoms with Crippen LogP contribution in [0.4, 0.5) is 10.5 Å². The minimum atomic E-state index is -0.546. The number of ketones is 1. The first-order valence-electron chi connectivity index (χ1n) is 7.66. The predicted octanol–water partition coefficient (Wildman–Crippen LogP) is 3.95. The molecular formula is C19H22N2O3.